The van der Waals surface area contributed by atoms with Crippen LogP contribution in [0, 0.1) is 13.8 Å². The number of ether oxygens (including phenoxy) is 1. The number of carbonyl (C=O) groups excluding carboxylic acids is 1. The Morgan fingerprint density at radius 3 is 1.78 bits per heavy atom. The summed E-state index contributed by atoms with van der Waals surface area (Å²) in [6.45, 7) is 3.97. The fourth-order valence-corrected chi connectivity index (χ4v) is 3.47. The maximum atomic E-state index is 12.5. The van der Waals surface area contributed by atoms with Crippen LogP contribution in [0.3, 0.4) is 0 Å². The maximum absolute atomic E-state index is 12.5. The van der Waals surface area contributed by atoms with Gasteiger partial charge in [-0.2, -0.15) is 15.0 Å². The minimum atomic E-state index is -0.294. The van der Waals surface area contributed by atoms with E-state index in [2.05, 4.69) is 36.2 Å². The first-order valence-electron chi connectivity index (χ1n) is 11.2. The SMILES string of the molecule is COc1ccc(NC(=O)CNc2nc(Nc3ccc(C)cc3)nc(Nc3ccc(C)cc3)n2)cc1Cl. The van der Waals surface area contributed by atoms with E-state index in [4.69, 9.17) is 16.3 Å². The lowest BCUT2D eigenvalue weighted by Gasteiger charge is -2.12. The molecule has 4 N–H and O–H groups in total. The molecule has 0 unspecified atom stereocenters. The minimum absolute atomic E-state index is 0.0679. The summed E-state index contributed by atoms with van der Waals surface area (Å²) >= 11 is 6.14. The maximum Gasteiger partial charge on any atom is 0.243 e. The highest BCUT2D eigenvalue weighted by atomic mass is 35.5. The molecule has 9 nitrogen and oxygen atoms in total. The molecule has 4 aromatic rings. The first-order valence-corrected chi connectivity index (χ1v) is 11.6. The molecule has 0 aliphatic carbocycles. The molecule has 0 spiro atoms. The normalized spacial score (nSPS) is 10.4. The number of nitrogens with zero attached hydrogens (tertiary/aromatic N) is 3. The van der Waals surface area contributed by atoms with Gasteiger partial charge in [0.15, 0.2) is 0 Å². The molecular formula is C26H26ClN7O2. The molecule has 0 aliphatic rings. The van der Waals surface area contributed by atoms with Crippen LogP contribution in [0.4, 0.5) is 34.9 Å². The number of carbonyl (C=O) groups is 1. The highest BCUT2D eigenvalue weighted by Gasteiger charge is 2.11. The Balaban J connectivity index is 1.49. The quantitative estimate of drug-likeness (QED) is 0.230. The molecule has 0 saturated carbocycles. The summed E-state index contributed by atoms with van der Waals surface area (Å²) in [5, 5.41) is 12.5. The van der Waals surface area contributed by atoms with E-state index in [0.717, 1.165) is 22.5 Å². The Morgan fingerprint density at radius 2 is 1.28 bits per heavy atom. The molecule has 0 fully saturated rings. The molecule has 1 amide bonds. The van der Waals surface area contributed by atoms with Crippen LogP contribution in [0.5, 0.6) is 5.75 Å². The third-order valence-corrected chi connectivity index (χ3v) is 5.39. The van der Waals surface area contributed by atoms with Crippen molar-refractivity contribution in [3.63, 3.8) is 0 Å². The molecule has 184 valence electrons. The molecule has 0 bridgehead atoms. The van der Waals surface area contributed by atoms with Crippen molar-refractivity contribution in [1.82, 2.24) is 15.0 Å². The molecule has 1 heterocycles. The molecule has 0 aliphatic heterocycles. The zero-order chi connectivity index (χ0) is 25.5. The van der Waals surface area contributed by atoms with Gasteiger partial charge in [-0.15, -0.1) is 0 Å². The van der Waals surface area contributed by atoms with E-state index in [-0.39, 0.29) is 18.4 Å². The highest BCUT2D eigenvalue weighted by molar-refractivity contribution is 6.32. The predicted molar refractivity (Wildman–Crippen MR) is 144 cm³/mol. The van der Waals surface area contributed by atoms with Crippen molar-refractivity contribution >= 4 is 52.4 Å². The van der Waals surface area contributed by atoms with Gasteiger partial charge in [0.1, 0.15) is 5.75 Å². The zero-order valence-corrected chi connectivity index (χ0v) is 20.8. The summed E-state index contributed by atoms with van der Waals surface area (Å²) < 4.78 is 5.14. The van der Waals surface area contributed by atoms with Crippen molar-refractivity contribution < 1.29 is 9.53 Å². The highest BCUT2D eigenvalue weighted by Crippen LogP contribution is 2.27. The predicted octanol–water partition coefficient (Wildman–Crippen LogP) is 5.69. The number of aromatic nitrogens is 3. The molecule has 3 aromatic carbocycles. The number of anilines is 6. The van der Waals surface area contributed by atoms with Gasteiger partial charge in [0.25, 0.3) is 0 Å². The molecule has 0 radical (unpaired) electrons. The lowest BCUT2D eigenvalue weighted by Crippen LogP contribution is -2.23. The second-order valence-corrected chi connectivity index (χ2v) is 8.45. The summed E-state index contributed by atoms with van der Waals surface area (Å²) in [6, 6.07) is 20.7. The molecule has 0 saturated heterocycles. The number of halogens is 1. The van der Waals surface area contributed by atoms with Crippen LogP contribution >= 0.6 is 11.6 Å². The number of benzene rings is 3. The summed E-state index contributed by atoms with van der Waals surface area (Å²) in [7, 11) is 1.53. The van der Waals surface area contributed by atoms with Gasteiger partial charge in [-0.1, -0.05) is 47.0 Å². The molecule has 0 atom stereocenters. The van der Waals surface area contributed by atoms with Gasteiger partial charge in [-0.05, 0) is 56.3 Å². The number of methoxy groups -OCH3 is 1. The molecule has 36 heavy (non-hydrogen) atoms. The number of amides is 1. The van der Waals surface area contributed by atoms with E-state index in [9.17, 15) is 4.79 Å². The number of rotatable bonds is 9. The Morgan fingerprint density at radius 1 is 0.778 bits per heavy atom. The van der Waals surface area contributed by atoms with Crippen molar-refractivity contribution in [1.29, 1.82) is 0 Å². The average molecular weight is 504 g/mol. The number of aryl methyl sites for hydroxylation is 2. The third kappa shape index (κ3) is 6.83. The Kier molecular flexibility index (Phi) is 7.82. The van der Waals surface area contributed by atoms with Crippen molar-refractivity contribution in [3.05, 3.63) is 82.9 Å². The Hall–Kier alpha value is -4.37. The van der Waals surface area contributed by atoms with Gasteiger partial charge in [-0.3, -0.25) is 4.79 Å². The lowest BCUT2D eigenvalue weighted by molar-refractivity contribution is -0.114. The van der Waals surface area contributed by atoms with Gasteiger partial charge in [0.05, 0.1) is 18.7 Å². The monoisotopic (exact) mass is 503 g/mol. The molecular weight excluding hydrogens is 478 g/mol. The number of hydrogen-bond donors (Lipinski definition) is 4. The standard InChI is InChI=1S/C26H26ClN7O2/c1-16-4-8-18(9-5-16)30-25-32-24(33-26(34-25)31-19-10-6-17(2)7-11-19)28-15-23(35)29-20-12-13-22(36-3)21(27)14-20/h4-14H,15H2,1-3H3,(H,29,35)(H3,28,30,31,32,33,34). The number of nitrogens with one attached hydrogen (secondary N) is 4. The van der Waals surface area contributed by atoms with Crippen LogP contribution in [0.1, 0.15) is 11.1 Å². The van der Waals surface area contributed by atoms with Crippen molar-refractivity contribution in [2.24, 2.45) is 0 Å². The second kappa shape index (κ2) is 11.4. The fourth-order valence-electron chi connectivity index (χ4n) is 3.21. The Bertz CT molecular complexity index is 1280. The van der Waals surface area contributed by atoms with Crippen LogP contribution in [0.2, 0.25) is 5.02 Å². The topological polar surface area (TPSA) is 113 Å². The van der Waals surface area contributed by atoms with Gasteiger partial charge in [0.2, 0.25) is 23.8 Å². The first-order chi connectivity index (χ1) is 17.4. The average Bonchev–Trinajstić information content (AvgIpc) is 2.86. The summed E-state index contributed by atoms with van der Waals surface area (Å²) in [4.78, 5) is 25.8. The van der Waals surface area contributed by atoms with E-state index in [1.807, 2.05) is 62.4 Å². The van der Waals surface area contributed by atoms with E-state index in [1.165, 1.54) is 7.11 Å². The van der Waals surface area contributed by atoms with E-state index < -0.39 is 0 Å². The van der Waals surface area contributed by atoms with Crippen LogP contribution in [-0.2, 0) is 4.79 Å². The third-order valence-electron chi connectivity index (χ3n) is 5.09. The molecule has 4 rings (SSSR count). The van der Waals surface area contributed by atoms with Gasteiger partial charge >= 0.3 is 0 Å². The summed E-state index contributed by atoms with van der Waals surface area (Å²) in [5.41, 5.74) is 4.49. The van der Waals surface area contributed by atoms with Crippen molar-refractivity contribution in [2.75, 3.05) is 34.9 Å². The van der Waals surface area contributed by atoms with Crippen LogP contribution in [0.15, 0.2) is 66.7 Å². The second-order valence-electron chi connectivity index (χ2n) is 8.04. The van der Waals surface area contributed by atoms with Crippen LogP contribution < -0.4 is 26.0 Å². The number of hydrogen-bond acceptors (Lipinski definition) is 8. The van der Waals surface area contributed by atoms with Gasteiger partial charge in [0, 0.05) is 17.1 Å². The van der Waals surface area contributed by atoms with Crippen molar-refractivity contribution in [2.45, 2.75) is 13.8 Å². The lowest BCUT2D eigenvalue weighted by atomic mass is 10.2. The smallest absolute Gasteiger partial charge is 0.243 e. The van der Waals surface area contributed by atoms with E-state index >= 15 is 0 Å². The van der Waals surface area contributed by atoms with Crippen molar-refractivity contribution in [3.8, 4) is 5.75 Å². The fraction of sp³-hybridized carbons (Fsp3) is 0.154. The summed E-state index contributed by atoms with van der Waals surface area (Å²) in [5.74, 6) is 1.12. The van der Waals surface area contributed by atoms with E-state index in [0.29, 0.717) is 28.4 Å². The zero-order valence-electron chi connectivity index (χ0n) is 20.1. The molecule has 10 heteroatoms. The van der Waals surface area contributed by atoms with Gasteiger partial charge in [-0.25, -0.2) is 0 Å². The van der Waals surface area contributed by atoms with Crippen LogP contribution in [-0.4, -0.2) is 34.5 Å². The molecule has 1 aromatic heterocycles. The van der Waals surface area contributed by atoms with Gasteiger partial charge < -0.3 is 26.0 Å². The largest absolute Gasteiger partial charge is 0.495 e. The van der Waals surface area contributed by atoms with E-state index in [1.54, 1.807) is 18.2 Å². The first kappa shape index (κ1) is 24.7. The summed E-state index contributed by atoms with van der Waals surface area (Å²) in [6.07, 6.45) is 0. The minimum Gasteiger partial charge on any atom is -0.495 e. The van der Waals surface area contributed by atoms with Crippen LogP contribution in [0.25, 0.3) is 0 Å². The Labute approximate surface area is 214 Å².